The minimum absolute atomic E-state index is 0.0687. The highest BCUT2D eigenvalue weighted by Crippen LogP contribution is 2.34. The minimum atomic E-state index is -0.236. The molecule has 3 rings (SSSR count). The Labute approximate surface area is 127 Å². The molecule has 6 heteroatoms. The summed E-state index contributed by atoms with van der Waals surface area (Å²) in [6, 6.07) is 15.9. The molecule has 0 fully saturated rings. The molecule has 0 aliphatic rings. The van der Waals surface area contributed by atoms with Gasteiger partial charge < -0.3 is 10.2 Å². The third-order valence-corrected chi connectivity index (χ3v) is 3.14. The molecule has 0 spiro atoms. The molecule has 110 valence electrons. The average Bonchev–Trinajstić information content (AvgIpc) is 2.80. The summed E-state index contributed by atoms with van der Waals surface area (Å²) in [4.78, 5) is 3.99. The van der Waals surface area contributed by atoms with E-state index in [1.54, 1.807) is 47.9 Å². The predicted octanol–water partition coefficient (Wildman–Crippen LogP) is 4.01. The maximum Gasteiger partial charge on any atom is 0.259 e. The lowest BCUT2D eigenvalue weighted by Gasteiger charge is -2.08. The number of benzene rings is 2. The number of imidazole rings is 1. The van der Waals surface area contributed by atoms with Gasteiger partial charge in [-0.1, -0.05) is 30.3 Å². The topological polar surface area (TPSA) is 83.0 Å². The lowest BCUT2D eigenvalue weighted by molar-refractivity contribution is 0.456. The van der Waals surface area contributed by atoms with Crippen LogP contribution >= 0.6 is 0 Å². The van der Waals surface area contributed by atoms with Crippen LogP contribution in [-0.4, -0.2) is 19.8 Å². The van der Waals surface area contributed by atoms with Crippen LogP contribution in [0, 0.1) is 6.92 Å². The van der Waals surface area contributed by atoms with E-state index in [9.17, 15) is 10.2 Å². The SMILES string of the molecule is Cc1nc(O)c(N=Nc2ccccc2)n1-c1ccccc1O. The number of hydrogen-bond donors (Lipinski definition) is 2. The summed E-state index contributed by atoms with van der Waals surface area (Å²) in [6.45, 7) is 1.72. The summed E-state index contributed by atoms with van der Waals surface area (Å²) >= 11 is 0. The second-order valence-electron chi connectivity index (χ2n) is 4.67. The number of aromatic hydroxyl groups is 2. The molecule has 0 atom stereocenters. The number of azo groups is 1. The molecule has 2 aromatic carbocycles. The third-order valence-electron chi connectivity index (χ3n) is 3.14. The highest BCUT2D eigenvalue weighted by atomic mass is 16.3. The molecule has 1 aromatic heterocycles. The van der Waals surface area contributed by atoms with Gasteiger partial charge in [0.25, 0.3) is 5.88 Å². The molecule has 22 heavy (non-hydrogen) atoms. The molecule has 6 nitrogen and oxygen atoms in total. The van der Waals surface area contributed by atoms with Crippen LogP contribution in [0.15, 0.2) is 64.8 Å². The number of phenolic OH excluding ortho intramolecular Hbond substituents is 1. The lowest BCUT2D eigenvalue weighted by Crippen LogP contribution is -1.96. The second kappa shape index (κ2) is 5.69. The van der Waals surface area contributed by atoms with Crippen molar-refractivity contribution in [1.29, 1.82) is 0 Å². The number of hydrogen-bond acceptors (Lipinski definition) is 5. The zero-order chi connectivity index (χ0) is 15.5. The number of rotatable bonds is 3. The van der Waals surface area contributed by atoms with E-state index in [1.807, 2.05) is 18.2 Å². The zero-order valence-corrected chi connectivity index (χ0v) is 11.9. The van der Waals surface area contributed by atoms with Crippen molar-refractivity contribution in [2.24, 2.45) is 10.2 Å². The molecule has 0 unspecified atom stereocenters. The second-order valence-corrected chi connectivity index (χ2v) is 4.67. The molecule has 0 saturated carbocycles. The summed E-state index contributed by atoms with van der Waals surface area (Å²) in [5, 5.41) is 28.1. The molecule has 0 saturated heterocycles. The van der Waals surface area contributed by atoms with E-state index in [2.05, 4.69) is 15.2 Å². The van der Waals surface area contributed by atoms with E-state index in [4.69, 9.17) is 0 Å². The van der Waals surface area contributed by atoms with Crippen molar-refractivity contribution >= 4 is 11.5 Å². The van der Waals surface area contributed by atoms with Crippen LogP contribution in [0.3, 0.4) is 0 Å². The standard InChI is InChI=1S/C16H14N4O2/c1-11-17-16(22)15(19-18-12-7-3-2-4-8-12)20(11)13-9-5-6-10-14(13)21/h2-10,21-22H,1H3. The fourth-order valence-electron chi connectivity index (χ4n) is 2.14. The average molecular weight is 294 g/mol. The minimum Gasteiger partial charge on any atom is -0.506 e. The molecular formula is C16H14N4O2. The molecule has 0 aliphatic heterocycles. The van der Waals surface area contributed by atoms with Gasteiger partial charge in [-0.05, 0) is 31.2 Å². The highest BCUT2D eigenvalue weighted by Gasteiger charge is 2.17. The van der Waals surface area contributed by atoms with Gasteiger partial charge in [0, 0.05) is 0 Å². The Bertz CT molecular complexity index is 825. The normalized spacial score (nSPS) is 11.1. The summed E-state index contributed by atoms with van der Waals surface area (Å²) in [7, 11) is 0. The highest BCUT2D eigenvalue weighted by molar-refractivity contribution is 5.55. The van der Waals surface area contributed by atoms with Crippen LogP contribution in [0.4, 0.5) is 11.5 Å². The number of aromatic nitrogens is 2. The largest absolute Gasteiger partial charge is 0.506 e. The van der Waals surface area contributed by atoms with Gasteiger partial charge in [-0.15, -0.1) is 10.2 Å². The molecule has 0 bridgehead atoms. The molecule has 0 aliphatic carbocycles. The van der Waals surface area contributed by atoms with Crippen LogP contribution in [0.2, 0.25) is 0 Å². The van der Waals surface area contributed by atoms with Crippen molar-refractivity contribution in [3.05, 3.63) is 60.4 Å². The van der Waals surface area contributed by atoms with Gasteiger partial charge in [0.1, 0.15) is 11.6 Å². The molecule has 3 aromatic rings. The maximum atomic E-state index is 10.0. The molecule has 2 N–H and O–H groups in total. The molecule has 0 radical (unpaired) electrons. The predicted molar refractivity (Wildman–Crippen MR) is 82.2 cm³/mol. The quantitative estimate of drug-likeness (QED) is 0.716. The Hall–Kier alpha value is -3.15. The van der Waals surface area contributed by atoms with Crippen LogP contribution in [-0.2, 0) is 0 Å². The van der Waals surface area contributed by atoms with Gasteiger partial charge in [-0.2, -0.15) is 4.98 Å². The summed E-state index contributed by atoms with van der Waals surface area (Å²) in [6.07, 6.45) is 0. The number of phenols is 1. The summed E-state index contributed by atoms with van der Waals surface area (Å²) in [5.41, 5.74) is 1.14. The molecular weight excluding hydrogens is 280 g/mol. The van der Waals surface area contributed by atoms with Gasteiger partial charge in [0.05, 0.1) is 11.4 Å². The number of aryl methyl sites for hydroxylation is 1. The van der Waals surface area contributed by atoms with Gasteiger partial charge >= 0.3 is 0 Å². The Morgan fingerprint density at radius 3 is 2.32 bits per heavy atom. The first-order chi connectivity index (χ1) is 10.7. The van der Waals surface area contributed by atoms with E-state index >= 15 is 0 Å². The van der Waals surface area contributed by atoms with Crippen LogP contribution in [0.25, 0.3) is 5.69 Å². The Morgan fingerprint density at radius 2 is 1.59 bits per heavy atom. The van der Waals surface area contributed by atoms with E-state index in [0.717, 1.165) is 0 Å². The van der Waals surface area contributed by atoms with Crippen molar-refractivity contribution in [3.63, 3.8) is 0 Å². The van der Waals surface area contributed by atoms with Gasteiger partial charge in [0.15, 0.2) is 0 Å². The van der Waals surface area contributed by atoms with Crippen molar-refractivity contribution in [2.45, 2.75) is 6.92 Å². The van der Waals surface area contributed by atoms with Crippen molar-refractivity contribution in [3.8, 4) is 17.3 Å². The smallest absolute Gasteiger partial charge is 0.259 e. The first-order valence-corrected chi connectivity index (χ1v) is 6.70. The molecule has 1 heterocycles. The first kappa shape index (κ1) is 13.8. The van der Waals surface area contributed by atoms with Crippen LogP contribution in [0.5, 0.6) is 11.6 Å². The van der Waals surface area contributed by atoms with Gasteiger partial charge in [-0.25, -0.2) is 0 Å². The summed E-state index contributed by atoms with van der Waals surface area (Å²) < 4.78 is 1.55. The maximum absolute atomic E-state index is 10.0. The Balaban J connectivity index is 2.09. The van der Waals surface area contributed by atoms with Crippen LogP contribution in [0.1, 0.15) is 5.82 Å². The third kappa shape index (κ3) is 2.54. The number of para-hydroxylation sites is 2. The van der Waals surface area contributed by atoms with Crippen LogP contribution < -0.4 is 0 Å². The van der Waals surface area contributed by atoms with E-state index in [0.29, 0.717) is 17.2 Å². The Morgan fingerprint density at radius 1 is 0.909 bits per heavy atom. The fourth-order valence-corrected chi connectivity index (χ4v) is 2.14. The number of nitrogens with zero attached hydrogens (tertiary/aromatic N) is 4. The fraction of sp³-hybridized carbons (Fsp3) is 0.0625. The zero-order valence-electron chi connectivity index (χ0n) is 11.9. The van der Waals surface area contributed by atoms with E-state index in [1.165, 1.54) is 0 Å². The monoisotopic (exact) mass is 294 g/mol. The first-order valence-electron chi connectivity index (χ1n) is 6.70. The Kier molecular flexibility index (Phi) is 3.57. The van der Waals surface area contributed by atoms with Gasteiger partial charge in [-0.3, -0.25) is 4.57 Å². The molecule has 0 amide bonds. The lowest BCUT2D eigenvalue weighted by atomic mass is 10.3. The van der Waals surface area contributed by atoms with Crippen molar-refractivity contribution in [2.75, 3.05) is 0 Å². The van der Waals surface area contributed by atoms with Crippen molar-refractivity contribution < 1.29 is 10.2 Å². The van der Waals surface area contributed by atoms with Crippen molar-refractivity contribution in [1.82, 2.24) is 9.55 Å². The van der Waals surface area contributed by atoms with E-state index < -0.39 is 0 Å². The summed E-state index contributed by atoms with van der Waals surface area (Å²) in [5.74, 6) is 0.503. The van der Waals surface area contributed by atoms with E-state index in [-0.39, 0.29) is 17.4 Å². The van der Waals surface area contributed by atoms with Gasteiger partial charge in [0.2, 0.25) is 5.82 Å².